The number of nitrogens with zero attached hydrogens (tertiary/aromatic N) is 4. The fraction of sp³-hybridized carbons (Fsp3) is 0.227. The summed E-state index contributed by atoms with van der Waals surface area (Å²) < 4.78 is 5.41. The second kappa shape index (κ2) is 8.73. The predicted molar refractivity (Wildman–Crippen MR) is 113 cm³/mol. The lowest BCUT2D eigenvalue weighted by Gasteiger charge is -2.18. The van der Waals surface area contributed by atoms with Crippen LogP contribution in [0.4, 0.5) is 5.13 Å². The topological polar surface area (TPSA) is 101 Å². The van der Waals surface area contributed by atoms with Crippen LogP contribution in [0.25, 0.3) is 11.1 Å². The smallest absolute Gasteiger partial charge is 0.258 e. The summed E-state index contributed by atoms with van der Waals surface area (Å²) in [6.45, 7) is 0. The molecule has 148 valence electrons. The summed E-state index contributed by atoms with van der Waals surface area (Å²) in [5.74, 6) is 6.85. The fourth-order valence-corrected chi connectivity index (χ4v) is 3.60. The number of carbonyl (C=O) groups is 1. The van der Waals surface area contributed by atoms with E-state index in [0.717, 1.165) is 12.8 Å². The summed E-state index contributed by atoms with van der Waals surface area (Å²) >= 11 is 1.24. The molecule has 0 radical (unpaired) electrons. The van der Waals surface area contributed by atoms with Gasteiger partial charge in [-0.25, -0.2) is 0 Å². The van der Waals surface area contributed by atoms with E-state index >= 15 is 0 Å². The maximum absolute atomic E-state index is 13.0. The van der Waals surface area contributed by atoms with E-state index in [1.807, 2.05) is 0 Å². The van der Waals surface area contributed by atoms with Crippen molar-refractivity contribution in [3.8, 4) is 34.8 Å². The molecule has 2 aromatic heterocycles. The third-order valence-electron chi connectivity index (χ3n) is 4.82. The minimum Gasteiger partial charge on any atom is -0.496 e. The summed E-state index contributed by atoms with van der Waals surface area (Å²) in [5.41, 5.74) is 2.01. The fourth-order valence-electron chi connectivity index (χ4n) is 3.00. The van der Waals surface area contributed by atoms with E-state index in [1.54, 1.807) is 30.5 Å². The summed E-state index contributed by atoms with van der Waals surface area (Å²) in [6, 6.07) is 8.74. The first-order valence-corrected chi connectivity index (χ1v) is 10.2. The Hall–Kier alpha value is -3.75. The van der Waals surface area contributed by atoms with E-state index < -0.39 is 0 Å². The Morgan fingerprint density at radius 1 is 1.27 bits per heavy atom. The zero-order valence-electron chi connectivity index (χ0n) is 16.2. The molecular formula is C22H17N5O2S. The summed E-state index contributed by atoms with van der Waals surface area (Å²) in [7, 11) is 1.54. The van der Waals surface area contributed by atoms with Crippen LogP contribution < -0.4 is 10.1 Å². The number of aromatic nitrogens is 3. The summed E-state index contributed by atoms with van der Waals surface area (Å²) in [4.78, 5) is 17.1. The highest BCUT2D eigenvalue weighted by molar-refractivity contribution is 7.15. The molecule has 0 unspecified atom stereocenters. The van der Waals surface area contributed by atoms with Crippen LogP contribution in [-0.2, 0) is 0 Å². The van der Waals surface area contributed by atoms with E-state index in [4.69, 9.17) is 4.74 Å². The molecule has 1 saturated carbocycles. The van der Waals surface area contributed by atoms with Gasteiger partial charge in [0.05, 0.1) is 24.3 Å². The largest absolute Gasteiger partial charge is 0.496 e. The number of hydrogen-bond acceptors (Lipinski definition) is 7. The van der Waals surface area contributed by atoms with E-state index in [9.17, 15) is 10.1 Å². The molecular weight excluding hydrogens is 398 g/mol. The highest BCUT2D eigenvalue weighted by Crippen LogP contribution is 2.33. The normalized spacial score (nSPS) is 12.8. The summed E-state index contributed by atoms with van der Waals surface area (Å²) in [5, 5.41) is 21.0. The zero-order chi connectivity index (χ0) is 20.9. The molecule has 1 amide bonds. The molecule has 4 rings (SSSR count). The third kappa shape index (κ3) is 4.14. The number of ether oxygens (including phenoxy) is 1. The second-order valence-electron chi connectivity index (χ2n) is 6.71. The Morgan fingerprint density at radius 2 is 2.13 bits per heavy atom. The molecule has 3 aromatic rings. The number of anilines is 1. The quantitative estimate of drug-likeness (QED) is 0.649. The number of amides is 1. The molecule has 1 aromatic carbocycles. The Morgan fingerprint density at radius 3 is 2.87 bits per heavy atom. The van der Waals surface area contributed by atoms with Gasteiger partial charge in [-0.1, -0.05) is 23.7 Å². The van der Waals surface area contributed by atoms with Gasteiger partial charge in [0.1, 0.15) is 5.75 Å². The Bertz CT molecular complexity index is 1200. The maximum atomic E-state index is 13.0. The third-order valence-corrected chi connectivity index (χ3v) is 5.57. The van der Waals surface area contributed by atoms with Crippen molar-refractivity contribution in [3.63, 3.8) is 0 Å². The van der Waals surface area contributed by atoms with Gasteiger partial charge in [0.15, 0.2) is 5.01 Å². The number of carbonyl (C=O) groups excluding carboxylic acids is 1. The number of methoxy groups -OCH3 is 1. The number of nitriles is 1. The standard InChI is InChI=1S/C22H17N5O2S/c1-29-19-7-5-15(12-23)11-17(19)18-13-24-10-9-16(18)21(28)25-22-27-26-20(30-22)8-6-14-3-2-4-14/h5,7,9-11,13-14H,2-4H2,1H3,(H,25,27,28). The van der Waals surface area contributed by atoms with Gasteiger partial charge in [0, 0.05) is 29.4 Å². The molecule has 7 nitrogen and oxygen atoms in total. The minimum atomic E-state index is -0.355. The maximum Gasteiger partial charge on any atom is 0.258 e. The van der Waals surface area contributed by atoms with Crippen LogP contribution in [0.15, 0.2) is 36.7 Å². The average Bonchev–Trinajstić information content (AvgIpc) is 3.19. The van der Waals surface area contributed by atoms with Crippen molar-refractivity contribution in [1.29, 1.82) is 5.26 Å². The average molecular weight is 415 g/mol. The first-order chi connectivity index (χ1) is 14.7. The van der Waals surface area contributed by atoms with Gasteiger partial charge in [-0.15, -0.1) is 10.2 Å². The minimum absolute atomic E-state index is 0.355. The summed E-state index contributed by atoms with van der Waals surface area (Å²) in [6.07, 6.45) is 6.61. The van der Waals surface area contributed by atoms with Gasteiger partial charge in [0.2, 0.25) is 5.13 Å². The van der Waals surface area contributed by atoms with Crippen molar-refractivity contribution in [2.45, 2.75) is 19.3 Å². The van der Waals surface area contributed by atoms with Gasteiger partial charge < -0.3 is 4.74 Å². The SMILES string of the molecule is COc1ccc(C#N)cc1-c1cnccc1C(=O)Nc1nnc(C#CC2CCC2)s1. The predicted octanol–water partition coefficient (Wildman–Crippen LogP) is 3.88. The number of hydrogen-bond donors (Lipinski definition) is 1. The van der Waals surface area contributed by atoms with E-state index in [1.165, 1.54) is 31.1 Å². The van der Waals surface area contributed by atoms with Gasteiger partial charge in [-0.05, 0) is 43.0 Å². The highest BCUT2D eigenvalue weighted by atomic mass is 32.1. The number of rotatable bonds is 4. The van der Waals surface area contributed by atoms with Crippen LogP contribution in [0.1, 0.15) is 40.2 Å². The molecule has 0 atom stereocenters. The van der Waals surface area contributed by atoms with Gasteiger partial charge in [0.25, 0.3) is 5.91 Å². The van der Waals surface area contributed by atoms with Crippen LogP contribution in [0.2, 0.25) is 0 Å². The molecule has 1 N–H and O–H groups in total. The monoisotopic (exact) mass is 415 g/mol. The number of benzene rings is 1. The molecule has 0 bridgehead atoms. The van der Waals surface area contributed by atoms with Gasteiger partial charge in [-0.2, -0.15) is 5.26 Å². The van der Waals surface area contributed by atoms with E-state index in [-0.39, 0.29) is 5.91 Å². The molecule has 8 heteroatoms. The number of pyridine rings is 1. The molecule has 2 heterocycles. The Balaban J connectivity index is 1.60. The molecule has 1 fully saturated rings. The van der Waals surface area contributed by atoms with Crippen molar-refractivity contribution in [2.24, 2.45) is 5.92 Å². The van der Waals surface area contributed by atoms with Crippen LogP contribution in [0.5, 0.6) is 5.75 Å². The van der Waals surface area contributed by atoms with Crippen LogP contribution in [0, 0.1) is 29.1 Å². The lowest BCUT2D eigenvalue weighted by Crippen LogP contribution is -2.13. The van der Waals surface area contributed by atoms with Gasteiger partial charge >= 0.3 is 0 Å². The molecule has 0 aliphatic heterocycles. The number of nitrogens with one attached hydrogen (secondary N) is 1. The molecule has 0 spiro atoms. The lowest BCUT2D eigenvalue weighted by atomic mass is 9.86. The first-order valence-electron chi connectivity index (χ1n) is 9.37. The van der Waals surface area contributed by atoms with Crippen molar-refractivity contribution in [1.82, 2.24) is 15.2 Å². The van der Waals surface area contributed by atoms with Crippen molar-refractivity contribution in [3.05, 3.63) is 52.8 Å². The Labute approximate surface area is 177 Å². The van der Waals surface area contributed by atoms with E-state index in [2.05, 4.69) is 38.4 Å². The van der Waals surface area contributed by atoms with E-state index in [0.29, 0.717) is 44.1 Å². The molecule has 1 aliphatic rings. The highest BCUT2D eigenvalue weighted by Gasteiger charge is 2.18. The lowest BCUT2D eigenvalue weighted by molar-refractivity contribution is 0.102. The zero-order valence-corrected chi connectivity index (χ0v) is 17.0. The van der Waals surface area contributed by atoms with Crippen molar-refractivity contribution in [2.75, 3.05) is 12.4 Å². The second-order valence-corrected chi connectivity index (χ2v) is 7.69. The van der Waals surface area contributed by atoms with Crippen LogP contribution in [-0.4, -0.2) is 28.2 Å². The van der Waals surface area contributed by atoms with Crippen molar-refractivity contribution < 1.29 is 9.53 Å². The molecule has 30 heavy (non-hydrogen) atoms. The first kappa shape index (κ1) is 19.6. The Kier molecular flexibility index (Phi) is 5.69. The van der Waals surface area contributed by atoms with Crippen molar-refractivity contribution >= 4 is 22.4 Å². The van der Waals surface area contributed by atoms with Gasteiger partial charge in [-0.3, -0.25) is 15.1 Å². The van der Waals surface area contributed by atoms with Crippen LogP contribution in [0.3, 0.4) is 0 Å². The molecule has 0 saturated heterocycles. The molecule has 1 aliphatic carbocycles. The van der Waals surface area contributed by atoms with Crippen LogP contribution >= 0.6 is 11.3 Å².